The van der Waals surface area contributed by atoms with E-state index in [1.54, 1.807) is 23.0 Å². The average molecular weight is 393 g/mol. The number of nitroso groups, excluding NO2 is 1. The lowest BCUT2D eigenvalue weighted by Crippen LogP contribution is -2.15. The molecule has 30 heavy (non-hydrogen) atoms. The first-order valence-electron chi connectivity index (χ1n) is 9.57. The lowest BCUT2D eigenvalue weighted by Gasteiger charge is -2.28. The highest BCUT2D eigenvalue weighted by molar-refractivity contribution is 5.91. The first-order valence-corrected chi connectivity index (χ1v) is 9.57. The number of rotatable bonds is 2. The first-order chi connectivity index (χ1) is 14.7. The average Bonchev–Trinajstić information content (AvgIpc) is 3.18. The van der Waals surface area contributed by atoms with Gasteiger partial charge in [0.15, 0.2) is 5.65 Å². The molecule has 3 heterocycles. The van der Waals surface area contributed by atoms with Gasteiger partial charge < -0.3 is 4.74 Å². The molecule has 1 unspecified atom stereocenters. The van der Waals surface area contributed by atoms with E-state index in [1.165, 1.54) is 0 Å². The van der Waals surface area contributed by atoms with E-state index in [9.17, 15) is 4.91 Å². The molecule has 0 bridgehead atoms. The molecule has 0 radical (unpaired) electrons. The first kappa shape index (κ1) is 16.8. The van der Waals surface area contributed by atoms with Crippen molar-refractivity contribution >= 4 is 22.1 Å². The van der Waals surface area contributed by atoms with Gasteiger partial charge in [0.2, 0.25) is 5.88 Å². The quantitative estimate of drug-likeness (QED) is 0.374. The van der Waals surface area contributed by atoms with E-state index in [-0.39, 0.29) is 5.92 Å². The summed E-state index contributed by atoms with van der Waals surface area (Å²) in [6.07, 6.45) is 1.62. The fraction of sp³-hybridized carbons (Fsp3) is 0.0870. The Balaban J connectivity index is 1.72. The molecule has 144 valence electrons. The van der Waals surface area contributed by atoms with E-state index in [0.717, 1.165) is 33.2 Å². The van der Waals surface area contributed by atoms with Gasteiger partial charge in [0.05, 0.1) is 5.56 Å². The summed E-state index contributed by atoms with van der Waals surface area (Å²) in [4.78, 5) is 20.4. The minimum atomic E-state index is -0.227. The maximum atomic E-state index is 11.2. The maximum Gasteiger partial charge on any atom is 0.228 e. The highest BCUT2D eigenvalue weighted by atomic mass is 16.5. The zero-order valence-corrected chi connectivity index (χ0v) is 16.0. The molecule has 6 rings (SSSR count). The number of aromatic nitrogens is 4. The number of fused-ring (bicyclic) bond motifs is 6. The Hall–Kier alpha value is -4.13. The molecule has 3 aromatic carbocycles. The van der Waals surface area contributed by atoms with Crippen LogP contribution >= 0.6 is 0 Å². The molecule has 1 aliphatic rings. The molecule has 0 N–H and O–H groups in total. The highest BCUT2D eigenvalue weighted by Gasteiger charge is 2.34. The SMILES string of the molecule is Cc1nc2c3c(ncn2n1)Oc1c(ccc2ccccc12)C3c1cccc(N=O)c1. The van der Waals surface area contributed by atoms with Crippen molar-refractivity contribution in [1.82, 2.24) is 19.6 Å². The Morgan fingerprint density at radius 3 is 2.87 bits per heavy atom. The predicted octanol–water partition coefficient (Wildman–Crippen LogP) is 5.27. The third-order valence-electron chi connectivity index (χ3n) is 5.51. The van der Waals surface area contributed by atoms with Crippen LogP contribution in [0.25, 0.3) is 16.4 Å². The molecule has 0 fully saturated rings. The van der Waals surface area contributed by atoms with Gasteiger partial charge in [0, 0.05) is 16.9 Å². The van der Waals surface area contributed by atoms with Gasteiger partial charge in [-0.15, -0.1) is 4.91 Å². The second-order valence-corrected chi connectivity index (χ2v) is 7.32. The number of nitrogens with zero attached hydrogens (tertiary/aromatic N) is 5. The Bertz CT molecular complexity index is 1470. The van der Waals surface area contributed by atoms with Crippen molar-refractivity contribution in [2.45, 2.75) is 12.8 Å². The van der Waals surface area contributed by atoms with Gasteiger partial charge >= 0.3 is 0 Å². The molecular formula is C23H15N5O2. The van der Waals surface area contributed by atoms with Crippen molar-refractivity contribution in [3.05, 3.63) is 94.4 Å². The third kappa shape index (κ3) is 2.35. The Kier molecular flexibility index (Phi) is 3.46. The van der Waals surface area contributed by atoms with Crippen molar-refractivity contribution in [2.75, 3.05) is 0 Å². The minimum Gasteiger partial charge on any atom is -0.438 e. The summed E-state index contributed by atoms with van der Waals surface area (Å²) >= 11 is 0. The Morgan fingerprint density at radius 1 is 1.07 bits per heavy atom. The van der Waals surface area contributed by atoms with Crippen LogP contribution in [0.15, 0.2) is 72.2 Å². The van der Waals surface area contributed by atoms with Crippen molar-refractivity contribution in [3.63, 3.8) is 0 Å². The summed E-state index contributed by atoms with van der Waals surface area (Å²) in [5, 5.41) is 9.63. The summed E-state index contributed by atoms with van der Waals surface area (Å²) in [6.45, 7) is 1.84. The Morgan fingerprint density at radius 2 is 1.97 bits per heavy atom. The number of hydrogen-bond donors (Lipinski definition) is 0. The standard InChI is InChI=1S/C23H15N5O2/c1-13-25-22-20-19(15-6-4-7-16(11-15)27-29)18-10-9-14-5-2-3-8-17(14)21(18)30-23(20)24-12-28(22)26-13/h2-12,19H,1H3. The van der Waals surface area contributed by atoms with E-state index in [4.69, 9.17) is 4.74 Å². The van der Waals surface area contributed by atoms with Crippen LogP contribution in [-0.2, 0) is 0 Å². The van der Waals surface area contributed by atoms with Gasteiger partial charge in [-0.05, 0) is 35.2 Å². The largest absolute Gasteiger partial charge is 0.438 e. The van der Waals surface area contributed by atoms with E-state index in [1.807, 2.05) is 37.3 Å². The van der Waals surface area contributed by atoms with Gasteiger partial charge in [0.1, 0.15) is 23.6 Å². The number of ether oxygens (including phenoxy) is 1. The fourth-order valence-corrected chi connectivity index (χ4v) is 4.26. The van der Waals surface area contributed by atoms with Crippen LogP contribution in [-0.4, -0.2) is 19.6 Å². The molecule has 0 saturated carbocycles. The Labute approximate surface area is 171 Å². The molecule has 2 aromatic heterocycles. The molecule has 0 aliphatic carbocycles. The normalized spacial score (nSPS) is 14.9. The van der Waals surface area contributed by atoms with Crippen molar-refractivity contribution in [3.8, 4) is 11.6 Å². The van der Waals surface area contributed by atoms with E-state index < -0.39 is 0 Å². The second kappa shape index (κ2) is 6.18. The zero-order valence-electron chi connectivity index (χ0n) is 16.0. The topological polar surface area (TPSA) is 81.7 Å². The lowest BCUT2D eigenvalue weighted by molar-refractivity contribution is 0.437. The molecular weight excluding hydrogens is 378 g/mol. The van der Waals surface area contributed by atoms with Crippen molar-refractivity contribution in [2.24, 2.45) is 5.18 Å². The molecule has 7 heteroatoms. The maximum absolute atomic E-state index is 11.2. The molecule has 1 atom stereocenters. The highest BCUT2D eigenvalue weighted by Crippen LogP contribution is 2.50. The van der Waals surface area contributed by atoms with Crippen LogP contribution in [0.4, 0.5) is 5.69 Å². The summed E-state index contributed by atoms with van der Waals surface area (Å²) in [6, 6.07) is 19.6. The molecule has 0 saturated heterocycles. The van der Waals surface area contributed by atoms with E-state index in [0.29, 0.717) is 23.0 Å². The summed E-state index contributed by atoms with van der Waals surface area (Å²) < 4.78 is 8.00. The van der Waals surface area contributed by atoms with Crippen LogP contribution in [0, 0.1) is 11.8 Å². The summed E-state index contributed by atoms with van der Waals surface area (Å²) in [5.41, 5.74) is 3.79. The van der Waals surface area contributed by atoms with Gasteiger partial charge in [-0.25, -0.2) is 14.5 Å². The predicted molar refractivity (Wildman–Crippen MR) is 112 cm³/mol. The van der Waals surface area contributed by atoms with Crippen LogP contribution < -0.4 is 4.74 Å². The third-order valence-corrected chi connectivity index (χ3v) is 5.51. The zero-order chi connectivity index (χ0) is 20.2. The van der Waals surface area contributed by atoms with Gasteiger partial charge in [0.25, 0.3) is 0 Å². The van der Waals surface area contributed by atoms with Crippen molar-refractivity contribution in [1.29, 1.82) is 0 Å². The molecule has 7 nitrogen and oxygen atoms in total. The minimum absolute atomic E-state index is 0.227. The van der Waals surface area contributed by atoms with Crippen molar-refractivity contribution < 1.29 is 4.74 Å². The second-order valence-electron chi connectivity index (χ2n) is 7.32. The molecule has 0 amide bonds. The van der Waals surface area contributed by atoms with Gasteiger partial charge in [-0.1, -0.05) is 48.5 Å². The molecule has 5 aromatic rings. The van der Waals surface area contributed by atoms with E-state index >= 15 is 0 Å². The summed E-state index contributed by atoms with van der Waals surface area (Å²) in [7, 11) is 0. The van der Waals surface area contributed by atoms with Crippen LogP contribution in [0.2, 0.25) is 0 Å². The van der Waals surface area contributed by atoms with E-state index in [2.05, 4.69) is 38.4 Å². The number of aryl methyl sites for hydroxylation is 1. The van der Waals surface area contributed by atoms with Crippen LogP contribution in [0.5, 0.6) is 11.6 Å². The number of hydrogen-bond acceptors (Lipinski definition) is 6. The number of benzene rings is 3. The van der Waals surface area contributed by atoms with Gasteiger partial charge in [-0.2, -0.15) is 5.10 Å². The fourth-order valence-electron chi connectivity index (χ4n) is 4.26. The monoisotopic (exact) mass is 393 g/mol. The van der Waals surface area contributed by atoms with Crippen LogP contribution in [0.1, 0.15) is 28.4 Å². The summed E-state index contributed by atoms with van der Waals surface area (Å²) in [5.74, 6) is 1.68. The molecule has 1 aliphatic heterocycles. The van der Waals surface area contributed by atoms with Gasteiger partial charge in [-0.3, -0.25) is 0 Å². The lowest BCUT2D eigenvalue weighted by atomic mass is 9.82. The molecule has 0 spiro atoms. The smallest absolute Gasteiger partial charge is 0.228 e. The van der Waals surface area contributed by atoms with Crippen LogP contribution in [0.3, 0.4) is 0 Å².